The second-order valence-electron chi connectivity index (χ2n) is 3.13. The molecular weight excluding hydrogens is 212 g/mol. The maximum atomic E-state index is 10.5. The molecule has 3 N–H and O–H groups in total. The van der Waals surface area contributed by atoms with E-state index < -0.39 is 11.9 Å². The monoisotopic (exact) mass is 222 g/mol. The number of carbonyl (C=O) groups is 2. The summed E-state index contributed by atoms with van der Waals surface area (Å²) in [6, 6.07) is 5.67. The Morgan fingerprint density at radius 2 is 1.69 bits per heavy atom. The number of hydrogen-bond acceptors (Lipinski definition) is 3. The quantitative estimate of drug-likeness (QED) is 0.668. The normalized spacial score (nSPS) is 11.1. The highest BCUT2D eigenvalue weighted by atomic mass is 16.4. The summed E-state index contributed by atoms with van der Waals surface area (Å²) in [5.74, 6) is -2.28. The highest BCUT2D eigenvalue weighted by molar-refractivity contribution is 5.94. The predicted octanol–water partition coefficient (Wildman–Crippen LogP) is 1.33. The van der Waals surface area contributed by atoms with E-state index in [0.29, 0.717) is 5.56 Å². The molecule has 0 saturated carbocycles. The van der Waals surface area contributed by atoms with Gasteiger partial charge in [0.1, 0.15) is 5.75 Å². The number of phenolic OH excluding ortho intramolecular Hbond substituents is 1. The summed E-state index contributed by atoms with van der Waals surface area (Å²) in [5.41, 5.74) is 0.641. The van der Waals surface area contributed by atoms with Crippen LogP contribution in [0.15, 0.2) is 30.3 Å². The van der Waals surface area contributed by atoms with Crippen molar-refractivity contribution in [1.29, 1.82) is 0 Å². The molecule has 0 heterocycles. The van der Waals surface area contributed by atoms with Crippen molar-refractivity contribution < 1.29 is 24.9 Å². The highest BCUT2D eigenvalue weighted by Gasteiger charge is 2.08. The number of phenols is 1. The Labute approximate surface area is 91.3 Å². The molecule has 0 radical (unpaired) electrons. The van der Waals surface area contributed by atoms with Gasteiger partial charge in [-0.25, -0.2) is 4.79 Å². The molecule has 1 aromatic rings. The van der Waals surface area contributed by atoms with Gasteiger partial charge in [0.15, 0.2) is 0 Å². The van der Waals surface area contributed by atoms with Crippen LogP contribution in [0.1, 0.15) is 12.0 Å². The van der Waals surface area contributed by atoms with Crippen LogP contribution in [0.5, 0.6) is 5.75 Å². The molecule has 5 nitrogen and oxygen atoms in total. The lowest BCUT2D eigenvalue weighted by molar-refractivity contribution is -0.135. The first-order valence-corrected chi connectivity index (χ1v) is 4.43. The number of hydrogen-bond donors (Lipinski definition) is 3. The first-order chi connectivity index (χ1) is 7.49. The van der Waals surface area contributed by atoms with E-state index in [1.807, 2.05) is 0 Å². The van der Waals surface area contributed by atoms with Gasteiger partial charge in [-0.15, -0.1) is 0 Å². The van der Waals surface area contributed by atoms with Crippen molar-refractivity contribution >= 4 is 17.5 Å². The standard InChI is InChI=1S/C11H10O5/c12-9-3-1-7(2-4-9)8(5-10(13)14)6-11(15)16/h1-5,12H,6H2,(H,13,14)(H,15,16)/b8-5-. The first-order valence-electron chi connectivity index (χ1n) is 4.43. The molecule has 0 unspecified atom stereocenters. The predicted molar refractivity (Wildman–Crippen MR) is 56.0 cm³/mol. The zero-order valence-electron chi connectivity index (χ0n) is 8.25. The van der Waals surface area contributed by atoms with Gasteiger partial charge in [-0.05, 0) is 23.3 Å². The first kappa shape index (κ1) is 11.8. The molecule has 0 aliphatic heterocycles. The number of rotatable bonds is 4. The molecule has 5 heteroatoms. The zero-order valence-corrected chi connectivity index (χ0v) is 8.25. The minimum Gasteiger partial charge on any atom is -0.508 e. The summed E-state index contributed by atoms with van der Waals surface area (Å²) in [6.45, 7) is 0. The van der Waals surface area contributed by atoms with Crippen molar-refractivity contribution in [3.8, 4) is 5.75 Å². The van der Waals surface area contributed by atoms with Crippen LogP contribution in [-0.4, -0.2) is 27.3 Å². The van der Waals surface area contributed by atoms with Crippen molar-refractivity contribution in [2.75, 3.05) is 0 Å². The van der Waals surface area contributed by atoms with Crippen LogP contribution in [0, 0.1) is 0 Å². The van der Waals surface area contributed by atoms with Crippen LogP contribution in [0.2, 0.25) is 0 Å². The Kier molecular flexibility index (Phi) is 3.66. The highest BCUT2D eigenvalue weighted by Crippen LogP contribution is 2.20. The number of benzene rings is 1. The van der Waals surface area contributed by atoms with Crippen LogP contribution in [0.4, 0.5) is 0 Å². The Balaban J connectivity index is 3.06. The topological polar surface area (TPSA) is 94.8 Å². The molecule has 0 spiro atoms. The fraction of sp³-hybridized carbons (Fsp3) is 0.0909. The minimum absolute atomic E-state index is 0.0359. The van der Waals surface area contributed by atoms with E-state index in [4.69, 9.17) is 15.3 Å². The van der Waals surface area contributed by atoms with Crippen LogP contribution in [0.3, 0.4) is 0 Å². The molecule has 1 rings (SSSR count). The maximum absolute atomic E-state index is 10.5. The lowest BCUT2D eigenvalue weighted by Gasteiger charge is -2.04. The fourth-order valence-electron chi connectivity index (χ4n) is 1.22. The third-order valence-electron chi connectivity index (χ3n) is 1.88. The fourth-order valence-corrected chi connectivity index (χ4v) is 1.22. The Morgan fingerprint density at radius 3 is 2.12 bits per heavy atom. The smallest absolute Gasteiger partial charge is 0.328 e. The molecular formula is C11H10O5. The molecule has 84 valence electrons. The van der Waals surface area contributed by atoms with E-state index in [0.717, 1.165) is 6.08 Å². The summed E-state index contributed by atoms with van der Waals surface area (Å²) in [7, 11) is 0. The van der Waals surface area contributed by atoms with Gasteiger partial charge in [0.2, 0.25) is 0 Å². The minimum atomic E-state index is -1.20. The molecule has 0 amide bonds. The third-order valence-corrected chi connectivity index (χ3v) is 1.88. The van der Waals surface area contributed by atoms with E-state index in [-0.39, 0.29) is 17.7 Å². The molecule has 0 aliphatic rings. The van der Waals surface area contributed by atoms with Gasteiger partial charge in [0, 0.05) is 6.08 Å². The van der Waals surface area contributed by atoms with Crippen molar-refractivity contribution in [3.63, 3.8) is 0 Å². The SMILES string of the molecule is O=C(O)/C=C(/CC(=O)O)c1ccc(O)cc1. The van der Waals surface area contributed by atoms with Crippen molar-refractivity contribution in [3.05, 3.63) is 35.9 Å². The summed E-state index contributed by atoms with van der Waals surface area (Å²) < 4.78 is 0. The van der Waals surface area contributed by atoms with Crippen molar-refractivity contribution in [1.82, 2.24) is 0 Å². The molecule has 0 fully saturated rings. The Bertz CT molecular complexity index is 430. The second kappa shape index (κ2) is 4.97. The van der Waals surface area contributed by atoms with Gasteiger partial charge >= 0.3 is 11.9 Å². The van der Waals surface area contributed by atoms with Gasteiger partial charge in [-0.2, -0.15) is 0 Å². The molecule has 16 heavy (non-hydrogen) atoms. The molecule has 0 saturated heterocycles. The summed E-state index contributed by atoms with van der Waals surface area (Å²) >= 11 is 0. The number of aromatic hydroxyl groups is 1. The third kappa shape index (κ3) is 3.45. The summed E-state index contributed by atoms with van der Waals surface area (Å²) in [5, 5.41) is 26.3. The van der Waals surface area contributed by atoms with Crippen LogP contribution >= 0.6 is 0 Å². The number of aliphatic carboxylic acids is 2. The van der Waals surface area contributed by atoms with Crippen molar-refractivity contribution in [2.45, 2.75) is 6.42 Å². The van der Waals surface area contributed by atoms with Gasteiger partial charge in [-0.1, -0.05) is 12.1 Å². The lowest BCUT2D eigenvalue weighted by atomic mass is 10.0. The summed E-state index contributed by atoms with van der Waals surface area (Å²) in [6.07, 6.45) is 0.470. The molecule has 0 atom stereocenters. The zero-order chi connectivity index (χ0) is 12.1. The van der Waals surface area contributed by atoms with E-state index in [9.17, 15) is 9.59 Å². The summed E-state index contributed by atoms with van der Waals surface area (Å²) in [4.78, 5) is 21.1. The lowest BCUT2D eigenvalue weighted by Crippen LogP contribution is -2.00. The maximum Gasteiger partial charge on any atom is 0.328 e. The number of carboxylic acid groups (broad SMARTS) is 2. The van der Waals surface area contributed by atoms with E-state index in [1.54, 1.807) is 0 Å². The van der Waals surface area contributed by atoms with E-state index in [2.05, 4.69) is 0 Å². The molecule has 0 aromatic heterocycles. The Morgan fingerprint density at radius 1 is 1.12 bits per heavy atom. The van der Waals surface area contributed by atoms with Crippen LogP contribution < -0.4 is 0 Å². The van der Waals surface area contributed by atoms with E-state index >= 15 is 0 Å². The Hall–Kier alpha value is -2.30. The van der Waals surface area contributed by atoms with Gasteiger partial charge in [0.05, 0.1) is 6.42 Å². The average Bonchev–Trinajstić information content (AvgIpc) is 2.16. The van der Waals surface area contributed by atoms with Crippen molar-refractivity contribution in [2.24, 2.45) is 0 Å². The van der Waals surface area contributed by atoms with Gasteiger partial charge in [0.25, 0.3) is 0 Å². The van der Waals surface area contributed by atoms with E-state index in [1.165, 1.54) is 24.3 Å². The molecule has 1 aromatic carbocycles. The molecule has 0 bridgehead atoms. The van der Waals surface area contributed by atoms with Crippen LogP contribution in [0.25, 0.3) is 5.57 Å². The van der Waals surface area contributed by atoms with Crippen LogP contribution in [-0.2, 0) is 9.59 Å². The van der Waals surface area contributed by atoms with Gasteiger partial charge < -0.3 is 15.3 Å². The second-order valence-corrected chi connectivity index (χ2v) is 3.13. The van der Waals surface area contributed by atoms with Gasteiger partial charge in [-0.3, -0.25) is 4.79 Å². The number of carboxylic acids is 2. The average molecular weight is 222 g/mol. The largest absolute Gasteiger partial charge is 0.508 e. The molecule has 0 aliphatic carbocycles.